The van der Waals surface area contributed by atoms with E-state index in [4.69, 9.17) is 14.2 Å². The van der Waals surface area contributed by atoms with Gasteiger partial charge in [-0.15, -0.1) is 0 Å². The first-order valence-electron chi connectivity index (χ1n) is 8.99. The van der Waals surface area contributed by atoms with E-state index in [0.29, 0.717) is 54.7 Å². The average molecular weight is 416 g/mol. The minimum Gasteiger partial charge on any atom is -0.486 e. The number of hydrogen-bond acceptors (Lipinski definition) is 8. The lowest BCUT2D eigenvalue weighted by Crippen LogP contribution is -2.18. The Bertz CT molecular complexity index is 1120. The van der Waals surface area contributed by atoms with Gasteiger partial charge in [-0.3, -0.25) is 4.72 Å². The van der Waals surface area contributed by atoms with Gasteiger partial charge in [0.2, 0.25) is 0 Å². The zero-order valence-electron chi connectivity index (χ0n) is 15.7. The number of hydrogen-bond donors (Lipinski definition) is 2. The van der Waals surface area contributed by atoms with E-state index in [9.17, 15) is 8.42 Å². The van der Waals surface area contributed by atoms with Gasteiger partial charge in [-0.25, -0.2) is 18.4 Å². The number of ether oxygens (including phenoxy) is 3. The molecule has 0 bridgehead atoms. The number of aromatic nitrogens is 2. The third-order valence-electron chi connectivity index (χ3n) is 4.21. The molecule has 3 aromatic rings. The first-order chi connectivity index (χ1) is 14.1. The van der Waals surface area contributed by atoms with Crippen molar-refractivity contribution in [3.8, 4) is 11.5 Å². The molecule has 0 fully saturated rings. The fourth-order valence-corrected chi connectivity index (χ4v) is 3.88. The summed E-state index contributed by atoms with van der Waals surface area (Å²) in [6.07, 6.45) is 0. The Hall–Kier alpha value is -3.11. The van der Waals surface area contributed by atoms with Crippen LogP contribution >= 0.6 is 0 Å². The summed E-state index contributed by atoms with van der Waals surface area (Å²) in [5.41, 5.74) is 1.04. The maximum Gasteiger partial charge on any atom is 0.263 e. The molecule has 29 heavy (non-hydrogen) atoms. The highest BCUT2D eigenvalue weighted by molar-refractivity contribution is 7.92. The molecule has 0 amide bonds. The quantitative estimate of drug-likeness (QED) is 0.564. The Morgan fingerprint density at radius 2 is 1.62 bits per heavy atom. The highest BCUT2D eigenvalue weighted by Crippen LogP contribution is 2.35. The molecule has 9 nitrogen and oxygen atoms in total. The van der Waals surface area contributed by atoms with E-state index in [2.05, 4.69) is 20.0 Å². The predicted octanol–water partition coefficient (Wildman–Crippen LogP) is 2.26. The molecular formula is C19H20N4O5S. The largest absolute Gasteiger partial charge is 0.486 e. The first-order valence-corrected chi connectivity index (χ1v) is 10.5. The number of fused-ring (bicyclic) bond motifs is 2. The molecular weight excluding hydrogens is 396 g/mol. The Morgan fingerprint density at radius 3 is 2.24 bits per heavy atom. The minimum atomic E-state index is -3.83. The number of nitrogens with one attached hydrogen (secondary N) is 2. The lowest BCUT2D eigenvalue weighted by molar-refractivity contribution is 0.172. The molecule has 1 aliphatic rings. The number of nitrogens with zero attached hydrogens (tertiary/aromatic N) is 2. The summed E-state index contributed by atoms with van der Waals surface area (Å²) in [7, 11) is -2.25. The molecule has 0 saturated heterocycles. The predicted molar refractivity (Wildman–Crippen MR) is 108 cm³/mol. The third-order valence-corrected chi connectivity index (χ3v) is 5.57. The lowest BCUT2D eigenvalue weighted by atomic mass is 10.2. The standard InChI is InChI=1S/C19H20N4O5S/c1-26-8-7-20-18-19(23-29(24,25)13-5-3-2-4-6-13)22-15-12-17-16(11-14(15)21-18)27-9-10-28-17/h2-6,11-12H,7-10H2,1H3,(H,20,21)(H,22,23). The van der Waals surface area contributed by atoms with Crippen LogP contribution in [0.15, 0.2) is 47.4 Å². The van der Waals surface area contributed by atoms with Crippen molar-refractivity contribution in [1.82, 2.24) is 9.97 Å². The highest BCUT2D eigenvalue weighted by Gasteiger charge is 2.20. The zero-order chi connectivity index (χ0) is 20.3. The number of methoxy groups -OCH3 is 1. The molecule has 1 aromatic heterocycles. The molecule has 0 unspecified atom stereocenters. The minimum absolute atomic E-state index is 0.0918. The zero-order valence-corrected chi connectivity index (χ0v) is 16.5. The highest BCUT2D eigenvalue weighted by atomic mass is 32.2. The van der Waals surface area contributed by atoms with Crippen molar-refractivity contribution in [1.29, 1.82) is 0 Å². The number of anilines is 2. The Balaban J connectivity index is 1.76. The maximum absolute atomic E-state index is 12.8. The van der Waals surface area contributed by atoms with E-state index in [1.807, 2.05) is 0 Å². The second kappa shape index (κ2) is 8.10. The summed E-state index contributed by atoms with van der Waals surface area (Å²) in [5.74, 6) is 1.52. The van der Waals surface area contributed by atoms with E-state index in [1.54, 1.807) is 37.4 Å². The van der Waals surface area contributed by atoms with Crippen LogP contribution in [0, 0.1) is 0 Å². The molecule has 0 radical (unpaired) electrons. The molecule has 0 aliphatic carbocycles. The van der Waals surface area contributed by atoms with Crippen LogP contribution in [0.25, 0.3) is 11.0 Å². The third kappa shape index (κ3) is 4.17. The van der Waals surface area contributed by atoms with Gasteiger partial charge in [0.1, 0.15) is 13.2 Å². The van der Waals surface area contributed by atoms with Crippen LogP contribution in [0.4, 0.5) is 11.6 Å². The van der Waals surface area contributed by atoms with Crippen molar-refractivity contribution in [3.05, 3.63) is 42.5 Å². The van der Waals surface area contributed by atoms with Gasteiger partial charge in [0.05, 0.1) is 22.5 Å². The second-order valence-electron chi connectivity index (χ2n) is 6.24. The summed E-state index contributed by atoms with van der Waals surface area (Å²) >= 11 is 0. The normalized spacial score (nSPS) is 13.3. The lowest BCUT2D eigenvalue weighted by Gasteiger charge is -2.19. The fourth-order valence-electron chi connectivity index (χ4n) is 2.84. The molecule has 4 rings (SSSR count). The van der Waals surface area contributed by atoms with Crippen LogP contribution < -0.4 is 19.5 Å². The van der Waals surface area contributed by atoms with Crippen LogP contribution in [0.1, 0.15) is 0 Å². The Labute approximate surface area is 168 Å². The summed E-state index contributed by atoms with van der Waals surface area (Å²) in [6.45, 7) is 1.75. The van der Waals surface area contributed by atoms with E-state index < -0.39 is 10.0 Å². The molecule has 2 heterocycles. The summed E-state index contributed by atoms with van der Waals surface area (Å²) < 4.78 is 44.3. The van der Waals surface area contributed by atoms with Crippen LogP contribution in [-0.4, -0.2) is 51.9 Å². The topological polar surface area (TPSA) is 112 Å². The average Bonchev–Trinajstić information content (AvgIpc) is 2.73. The van der Waals surface area contributed by atoms with Crippen LogP contribution in [0.3, 0.4) is 0 Å². The second-order valence-corrected chi connectivity index (χ2v) is 7.93. The van der Waals surface area contributed by atoms with Gasteiger partial charge in [-0.05, 0) is 12.1 Å². The van der Waals surface area contributed by atoms with Crippen molar-refractivity contribution in [2.75, 3.05) is 43.5 Å². The first kappa shape index (κ1) is 19.2. The fraction of sp³-hybridized carbons (Fsp3) is 0.263. The maximum atomic E-state index is 12.8. The van der Waals surface area contributed by atoms with Gasteiger partial charge in [-0.2, -0.15) is 0 Å². The Kier molecular flexibility index (Phi) is 5.36. The van der Waals surface area contributed by atoms with Crippen molar-refractivity contribution in [3.63, 3.8) is 0 Å². The van der Waals surface area contributed by atoms with E-state index >= 15 is 0 Å². The molecule has 10 heteroatoms. The molecule has 0 saturated carbocycles. The SMILES string of the molecule is COCCNc1nc2cc3c(cc2nc1NS(=O)(=O)c1ccccc1)OCCO3. The Morgan fingerprint density at radius 1 is 1.00 bits per heavy atom. The summed E-state index contributed by atoms with van der Waals surface area (Å²) in [6, 6.07) is 11.5. The molecule has 0 atom stereocenters. The van der Waals surface area contributed by atoms with Gasteiger partial charge >= 0.3 is 0 Å². The van der Waals surface area contributed by atoms with Gasteiger partial charge in [0.15, 0.2) is 23.1 Å². The summed E-state index contributed by atoms with van der Waals surface area (Å²) in [5, 5.41) is 3.06. The molecule has 0 spiro atoms. The van der Waals surface area contributed by atoms with Crippen molar-refractivity contribution < 1.29 is 22.6 Å². The van der Waals surface area contributed by atoms with Crippen molar-refractivity contribution in [2.45, 2.75) is 4.90 Å². The van der Waals surface area contributed by atoms with E-state index in [-0.39, 0.29) is 10.7 Å². The van der Waals surface area contributed by atoms with Gasteiger partial charge in [0, 0.05) is 25.8 Å². The van der Waals surface area contributed by atoms with E-state index in [0.717, 1.165) is 0 Å². The number of benzene rings is 2. The van der Waals surface area contributed by atoms with E-state index in [1.165, 1.54) is 12.1 Å². The van der Waals surface area contributed by atoms with Crippen LogP contribution in [0.2, 0.25) is 0 Å². The van der Waals surface area contributed by atoms with Gasteiger partial charge in [0.25, 0.3) is 10.0 Å². The molecule has 2 N–H and O–H groups in total. The van der Waals surface area contributed by atoms with Crippen molar-refractivity contribution >= 4 is 32.7 Å². The molecule has 1 aliphatic heterocycles. The molecule has 152 valence electrons. The van der Waals surface area contributed by atoms with Crippen molar-refractivity contribution in [2.24, 2.45) is 0 Å². The number of sulfonamides is 1. The van der Waals surface area contributed by atoms with Gasteiger partial charge < -0.3 is 19.5 Å². The number of rotatable bonds is 7. The monoisotopic (exact) mass is 416 g/mol. The smallest absolute Gasteiger partial charge is 0.263 e. The van der Waals surface area contributed by atoms with Gasteiger partial charge in [-0.1, -0.05) is 18.2 Å². The van der Waals surface area contributed by atoms with Crippen LogP contribution in [0.5, 0.6) is 11.5 Å². The molecule has 2 aromatic carbocycles. The van der Waals surface area contributed by atoms with Crippen LogP contribution in [-0.2, 0) is 14.8 Å². The summed E-state index contributed by atoms with van der Waals surface area (Å²) in [4.78, 5) is 9.15.